The van der Waals surface area contributed by atoms with Crippen molar-refractivity contribution < 1.29 is 52.5 Å². The molecule has 0 heterocycles. The Balaban J connectivity index is 0. The van der Waals surface area contributed by atoms with Gasteiger partial charge in [0.05, 0.1) is 28.8 Å². The fourth-order valence-corrected chi connectivity index (χ4v) is 6.82. The number of hydrogen-bond acceptors (Lipinski definition) is 13. The maximum absolute atomic E-state index is 11.0. The number of carbonyl (C=O) groups excluding carboxylic acids is 5. The zero-order chi connectivity index (χ0) is 53.7. The van der Waals surface area contributed by atoms with E-state index in [1.165, 1.54) is 44.4 Å². The van der Waals surface area contributed by atoms with Gasteiger partial charge in [-0.1, -0.05) is 18.2 Å². The number of halogens is 7. The van der Waals surface area contributed by atoms with E-state index in [1.54, 1.807) is 43.3 Å². The summed E-state index contributed by atoms with van der Waals surface area (Å²) in [6, 6.07) is 27.1. The van der Waals surface area contributed by atoms with E-state index in [4.69, 9.17) is 20.8 Å². The van der Waals surface area contributed by atoms with Crippen molar-refractivity contribution in [3.8, 4) is 0 Å². The number of esters is 3. The number of anilines is 4. The number of carboxylic acid groups (broad SMARTS) is 1. The number of aryl methyl sites for hydroxylation is 3. The lowest BCUT2D eigenvalue weighted by Crippen LogP contribution is -2.10. The Morgan fingerprint density at radius 3 is 1.32 bits per heavy atom. The number of hydrogen-bond donors (Lipinski definition) is 5. The van der Waals surface area contributed by atoms with Gasteiger partial charge in [0.15, 0.2) is 0 Å². The number of methoxy groups -OCH3 is 1. The van der Waals surface area contributed by atoms with Gasteiger partial charge in [0, 0.05) is 95.6 Å². The van der Waals surface area contributed by atoms with Crippen molar-refractivity contribution in [3.05, 3.63) is 147 Å². The van der Waals surface area contributed by atoms with E-state index in [2.05, 4.69) is 132 Å². The highest BCUT2D eigenvalue weighted by Gasteiger charge is 2.12. The Morgan fingerprint density at radius 2 is 0.971 bits per heavy atom. The molecular weight excluding hydrogens is 1530 g/mol. The number of nitrogens with two attached hydrogens (primary N) is 2. The van der Waals surface area contributed by atoms with Crippen LogP contribution >= 0.6 is 134 Å². The van der Waals surface area contributed by atoms with Crippen LogP contribution in [-0.2, 0) is 37.9 Å². The average Bonchev–Trinajstić information content (AvgIpc) is 3.21. The van der Waals surface area contributed by atoms with E-state index in [0.29, 0.717) is 22.5 Å². The van der Waals surface area contributed by atoms with Crippen LogP contribution in [0.5, 0.6) is 0 Å². The average molecular weight is 1570 g/mol. The van der Waals surface area contributed by atoms with Gasteiger partial charge in [-0.25, -0.2) is 13.8 Å². The lowest BCUT2D eigenvalue weighted by molar-refractivity contribution is -0.385. The molecule has 0 unspecified atom stereocenters. The Bertz CT molecular complexity index is 2600. The van der Waals surface area contributed by atoms with Gasteiger partial charge in [0.2, 0.25) is 21.0 Å². The zero-order valence-corrected chi connectivity index (χ0v) is 50.9. The molecule has 0 radical (unpaired) electrons. The quantitative estimate of drug-likeness (QED) is 0.0208. The highest BCUT2D eigenvalue weighted by Crippen LogP contribution is 2.21. The first-order chi connectivity index (χ1) is 31.9. The number of benzene rings is 5. The summed E-state index contributed by atoms with van der Waals surface area (Å²) in [6.45, 7) is 10.9. The Morgan fingerprint density at radius 1 is 0.609 bits per heavy atom. The number of nitrogens with zero attached hydrogens (tertiary/aromatic N) is 1. The molecule has 374 valence electrons. The Hall–Kier alpha value is -3.50. The van der Waals surface area contributed by atoms with Crippen LogP contribution in [0.25, 0.3) is 0 Å². The third-order valence-corrected chi connectivity index (χ3v) is 10.7. The van der Waals surface area contributed by atoms with Gasteiger partial charge in [-0.2, -0.15) is 0 Å². The number of rotatable bonds is 5. The second-order valence-corrected chi connectivity index (χ2v) is 21.8. The maximum atomic E-state index is 11.0. The van der Waals surface area contributed by atoms with Crippen LogP contribution in [0.3, 0.4) is 0 Å². The van der Waals surface area contributed by atoms with E-state index in [9.17, 15) is 38.9 Å². The molecule has 17 nitrogen and oxygen atoms in total. The van der Waals surface area contributed by atoms with Crippen LogP contribution in [0, 0.1) is 48.7 Å². The van der Waals surface area contributed by atoms with Gasteiger partial charge >= 0.3 is 23.9 Å². The minimum absolute atomic E-state index is 0.0277. The summed E-state index contributed by atoms with van der Waals surface area (Å²) in [6.07, 6.45) is 0. The van der Waals surface area contributed by atoms with Gasteiger partial charge in [0.25, 0.3) is 5.69 Å². The van der Waals surface area contributed by atoms with Gasteiger partial charge < -0.3 is 36.7 Å². The first-order valence-electron chi connectivity index (χ1n) is 18.7. The summed E-state index contributed by atoms with van der Waals surface area (Å²) in [7, 11) is 8.69. The van der Waals surface area contributed by atoms with E-state index in [0.717, 1.165) is 36.8 Å². The molecule has 0 spiro atoms. The molecule has 5 rings (SSSR count). The van der Waals surface area contributed by atoms with Crippen molar-refractivity contribution in [1.29, 1.82) is 0 Å². The molecule has 7 N–H and O–H groups in total. The molecule has 0 aromatic heterocycles. The van der Waals surface area contributed by atoms with E-state index >= 15 is 0 Å². The van der Waals surface area contributed by atoms with Crippen molar-refractivity contribution in [1.82, 2.24) is 0 Å². The summed E-state index contributed by atoms with van der Waals surface area (Å²) in [5, 5.41) is 24.4. The predicted molar refractivity (Wildman–Crippen MR) is 315 cm³/mol. The summed E-state index contributed by atoms with van der Waals surface area (Å²) >= 11 is 10.7. The fourth-order valence-electron chi connectivity index (χ4n) is 4.34. The number of carbonyl (C=O) groups is 6. The minimum Gasteiger partial charge on any atom is -0.478 e. The highest BCUT2D eigenvalue weighted by atomic mass is 127. The van der Waals surface area contributed by atoms with Crippen molar-refractivity contribution in [3.63, 3.8) is 0 Å². The van der Waals surface area contributed by atoms with Crippen molar-refractivity contribution in [2.75, 3.05) is 29.2 Å². The number of carboxylic acids is 1. The third kappa shape index (κ3) is 32.9. The van der Waals surface area contributed by atoms with Crippen molar-refractivity contribution in [2.24, 2.45) is 0 Å². The maximum Gasteiger partial charge on any atom is 0.339 e. The van der Waals surface area contributed by atoms with E-state index in [1.807, 2.05) is 85.0 Å². The summed E-state index contributed by atoms with van der Waals surface area (Å²) in [5.41, 5.74) is 17.4. The molecule has 0 aliphatic carbocycles. The van der Waals surface area contributed by atoms with Crippen LogP contribution in [0.15, 0.2) is 91.0 Å². The van der Waals surface area contributed by atoms with Crippen LogP contribution in [-0.4, -0.2) is 57.0 Å². The van der Waals surface area contributed by atoms with E-state index in [-0.39, 0.29) is 28.0 Å². The molecule has 0 atom stereocenters. The Labute approximate surface area is 479 Å². The van der Waals surface area contributed by atoms with Gasteiger partial charge in [-0.3, -0.25) is 29.3 Å². The highest BCUT2D eigenvalue weighted by molar-refractivity contribution is 14.1. The minimum atomic E-state index is -1.67. The monoisotopic (exact) mass is 1570 g/mol. The predicted octanol–water partition coefficient (Wildman–Crippen LogP) is 12.0. The topological polar surface area (TPSA) is 277 Å². The molecule has 0 saturated carbocycles. The smallest absolute Gasteiger partial charge is 0.339 e. The summed E-state index contributed by atoms with van der Waals surface area (Å²) in [5.74, 6) is -2.89. The number of nitrogen functional groups attached to an aromatic ring is 2. The second-order valence-electron chi connectivity index (χ2n) is 13.0. The molecular formula is C44H46Cl2I5N5O12S. The first kappa shape index (κ1) is 67.6. The molecule has 0 saturated heterocycles. The largest absolute Gasteiger partial charge is 0.478 e. The molecule has 0 fully saturated rings. The molecule has 5 aromatic rings. The van der Waals surface area contributed by atoms with Gasteiger partial charge in [-0.15, -0.1) is 0 Å². The molecule has 0 aliphatic heterocycles. The molecule has 69 heavy (non-hydrogen) atoms. The first-order valence-corrected chi connectivity index (χ1v) is 26.9. The summed E-state index contributed by atoms with van der Waals surface area (Å²) < 4.78 is 22.7. The number of ether oxygens (including phenoxy) is 2. The zero-order valence-electron chi connectivity index (χ0n) is 37.8. The van der Waals surface area contributed by atoms with Crippen LogP contribution in [0.4, 0.5) is 28.4 Å². The molecule has 2 amide bonds. The van der Waals surface area contributed by atoms with Crippen LogP contribution in [0.1, 0.15) is 65.1 Å². The summed E-state index contributed by atoms with van der Waals surface area (Å²) in [4.78, 5) is 73.0. The number of nitrogens with one attached hydrogen (secondary N) is 2. The molecule has 5 aromatic carbocycles. The lowest BCUT2D eigenvalue weighted by atomic mass is 10.2. The number of amides is 2. The van der Waals surface area contributed by atoms with Crippen molar-refractivity contribution >= 4 is 208 Å². The van der Waals surface area contributed by atoms with E-state index < -0.39 is 33.1 Å². The molecule has 0 bridgehead atoms. The molecule has 0 aliphatic rings. The number of nitro groups is 1. The third-order valence-electron chi connectivity index (χ3n) is 7.35. The van der Waals surface area contributed by atoms with Crippen molar-refractivity contribution in [2.45, 2.75) is 48.5 Å². The standard InChI is InChI=1S/C9H8INO3.C9H10INO.C8H8INO2.C7H6INO2.C7H8IN.C4H6O3.Cl2OS/c1-5(12)11-8-4-6(10)2-3-7(8)9(13)14;1-6-3-4-8(10)5-9(6)11-7(2)12;1-12-8(11)6-3-2-5(9)4-7(6)10;1-5-2-3-6(8)4-7(5)9(10)11;1-5-2-3-6(8)4-7(5)9;1-3(5)7-4(2)6;1-4(2)3/h2-4H,1H3,(H,11,12)(H,13,14);3-5H,1-2H3,(H,11,12);2-4H,10H2,1H3;2-4H,1H3;2-4H,9H2,1H3;1-2H3;. The number of nitro benzene ring substituents is 1. The van der Waals surface area contributed by atoms with Gasteiger partial charge in [0.1, 0.15) is 0 Å². The number of aromatic carboxylic acids is 1. The van der Waals surface area contributed by atoms with Crippen LogP contribution in [0.2, 0.25) is 0 Å². The Kier molecular flexibility index (Phi) is 35.7. The normalized spacial score (nSPS) is 9.33. The molecule has 25 heteroatoms. The fraction of sp³-hybridized carbons (Fsp3) is 0.182. The lowest BCUT2D eigenvalue weighted by Gasteiger charge is -2.06. The second kappa shape index (κ2) is 36.4. The van der Waals surface area contributed by atoms with Crippen LogP contribution < -0.4 is 22.1 Å². The van der Waals surface area contributed by atoms with Gasteiger partial charge in [-0.05, 0) is 212 Å². The SMILES string of the molecule is CC(=O)Nc1cc(I)ccc1C.CC(=O)Nc1cc(I)ccc1C(=O)O.CC(=O)OC(C)=O.COC(=O)c1ccc(I)cc1N.Cc1ccc(I)cc1N.Cc1ccc(I)cc1[N+](=O)[O-].O=S(Cl)Cl.